The van der Waals surface area contributed by atoms with E-state index in [1.807, 2.05) is 0 Å². The summed E-state index contributed by atoms with van der Waals surface area (Å²) in [6.45, 7) is 0. The number of carbonyl (C=O) groups excluding carboxylic acids is 3. The van der Waals surface area contributed by atoms with Crippen molar-refractivity contribution in [3.63, 3.8) is 0 Å². The summed E-state index contributed by atoms with van der Waals surface area (Å²) >= 11 is 0. The van der Waals surface area contributed by atoms with Crippen LogP contribution >= 0.6 is 0 Å². The van der Waals surface area contributed by atoms with Crippen LogP contribution in [0.4, 0.5) is 0 Å². The Kier molecular flexibility index (Phi) is 2.97. The highest BCUT2D eigenvalue weighted by Gasteiger charge is 2.24. The van der Waals surface area contributed by atoms with Gasteiger partial charge in [0.2, 0.25) is 0 Å². The lowest BCUT2D eigenvalue weighted by atomic mass is 9.92. The zero-order chi connectivity index (χ0) is 13.3. The van der Waals surface area contributed by atoms with E-state index in [2.05, 4.69) is 4.74 Å². The minimum atomic E-state index is -0.621. The fourth-order valence-corrected chi connectivity index (χ4v) is 1.76. The molecule has 0 saturated carbocycles. The van der Waals surface area contributed by atoms with Crippen molar-refractivity contribution in [2.24, 2.45) is 0 Å². The molecule has 5 heteroatoms. The molecule has 0 N–H and O–H groups in total. The molecule has 1 aromatic rings. The van der Waals surface area contributed by atoms with E-state index in [-0.39, 0.29) is 34.0 Å². The first-order valence-electron chi connectivity index (χ1n) is 5.15. The van der Waals surface area contributed by atoms with Crippen molar-refractivity contribution in [3.8, 4) is 5.75 Å². The van der Waals surface area contributed by atoms with Gasteiger partial charge in [-0.2, -0.15) is 0 Å². The molecule has 0 aromatic heterocycles. The van der Waals surface area contributed by atoms with Crippen molar-refractivity contribution in [3.05, 3.63) is 41.0 Å². The standard InChI is InChI=1S/C13H10O5/c1-17-12-6-8-7(5-9(12)13(16)18-2)10(14)3-4-11(8)15/h3-6H,1-2H3. The first-order valence-corrected chi connectivity index (χ1v) is 5.15. The Morgan fingerprint density at radius 2 is 1.56 bits per heavy atom. The van der Waals surface area contributed by atoms with E-state index in [0.717, 1.165) is 0 Å². The molecule has 1 aromatic carbocycles. The number of carbonyl (C=O) groups is 3. The quantitative estimate of drug-likeness (QED) is 0.738. The molecule has 0 atom stereocenters. The molecule has 18 heavy (non-hydrogen) atoms. The normalized spacial score (nSPS) is 13.2. The third-order valence-electron chi connectivity index (χ3n) is 2.66. The van der Waals surface area contributed by atoms with Crippen molar-refractivity contribution >= 4 is 17.5 Å². The molecule has 2 rings (SSSR count). The Morgan fingerprint density at radius 3 is 2.06 bits per heavy atom. The molecule has 0 amide bonds. The number of esters is 1. The Hall–Kier alpha value is -2.43. The summed E-state index contributed by atoms with van der Waals surface area (Å²) in [5.74, 6) is -1.03. The fraction of sp³-hybridized carbons (Fsp3) is 0.154. The number of benzene rings is 1. The van der Waals surface area contributed by atoms with Crippen molar-refractivity contribution in [1.82, 2.24) is 0 Å². The Balaban J connectivity index is 2.67. The minimum Gasteiger partial charge on any atom is -0.496 e. The summed E-state index contributed by atoms with van der Waals surface area (Å²) in [6, 6.07) is 2.70. The molecule has 0 aliphatic heterocycles. The maximum Gasteiger partial charge on any atom is 0.341 e. The lowest BCUT2D eigenvalue weighted by Crippen LogP contribution is -2.14. The highest BCUT2D eigenvalue weighted by molar-refractivity contribution is 6.22. The van der Waals surface area contributed by atoms with Crippen LogP contribution in [0.1, 0.15) is 31.1 Å². The van der Waals surface area contributed by atoms with Crippen molar-refractivity contribution in [2.75, 3.05) is 14.2 Å². The summed E-state index contributed by atoms with van der Waals surface area (Å²) in [5, 5.41) is 0. The molecule has 0 spiro atoms. The largest absolute Gasteiger partial charge is 0.496 e. The van der Waals surface area contributed by atoms with Gasteiger partial charge in [-0.05, 0) is 24.3 Å². The van der Waals surface area contributed by atoms with Gasteiger partial charge in [0.1, 0.15) is 11.3 Å². The number of allylic oxidation sites excluding steroid dienone is 2. The van der Waals surface area contributed by atoms with Gasteiger partial charge < -0.3 is 9.47 Å². The summed E-state index contributed by atoms with van der Waals surface area (Å²) in [5.41, 5.74) is 0.533. The summed E-state index contributed by atoms with van der Waals surface area (Å²) in [7, 11) is 2.60. The molecule has 0 heterocycles. The monoisotopic (exact) mass is 246 g/mol. The van der Waals surface area contributed by atoms with E-state index >= 15 is 0 Å². The molecule has 0 saturated heterocycles. The Bertz CT molecular complexity index is 583. The molecule has 92 valence electrons. The topological polar surface area (TPSA) is 69.7 Å². The smallest absolute Gasteiger partial charge is 0.341 e. The van der Waals surface area contributed by atoms with Crippen LogP contribution in [0.3, 0.4) is 0 Å². The van der Waals surface area contributed by atoms with E-state index in [1.54, 1.807) is 0 Å². The van der Waals surface area contributed by atoms with Crippen LogP contribution in [-0.2, 0) is 4.74 Å². The lowest BCUT2D eigenvalue weighted by molar-refractivity contribution is 0.0596. The number of rotatable bonds is 2. The molecular formula is C13H10O5. The third-order valence-corrected chi connectivity index (χ3v) is 2.66. The highest BCUT2D eigenvalue weighted by atomic mass is 16.5. The second-order valence-electron chi connectivity index (χ2n) is 3.65. The first-order chi connectivity index (χ1) is 8.58. The second kappa shape index (κ2) is 4.44. The van der Waals surface area contributed by atoms with Gasteiger partial charge in [-0.1, -0.05) is 0 Å². The van der Waals surface area contributed by atoms with Crippen LogP contribution in [-0.4, -0.2) is 31.8 Å². The van der Waals surface area contributed by atoms with Crippen LogP contribution in [0.5, 0.6) is 5.75 Å². The molecule has 5 nitrogen and oxygen atoms in total. The van der Waals surface area contributed by atoms with Crippen LogP contribution in [0.2, 0.25) is 0 Å². The Morgan fingerprint density at radius 1 is 1.00 bits per heavy atom. The molecule has 0 fully saturated rings. The maximum absolute atomic E-state index is 11.7. The number of ether oxygens (including phenoxy) is 2. The van der Waals surface area contributed by atoms with Gasteiger partial charge in [0.05, 0.1) is 14.2 Å². The second-order valence-corrected chi connectivity index (χ2v) is 3.65. The number of ketones is 2. The van der Waals surface area contributed by atoms with Gasteiger partial charge in [0.25, 0.3) is 0 Å². The molecule has 1 aliphatic rings. The zero-order valence-corrected chi connectivity index (χ0v) is 9.85. The van der Waals surface area contributed by atoms with Gasteiger partial charge >= 0.3 is 5.97 Å². The fourth-order valence-electron chi connectivity index (χ4n) is 1.76. The van der Waals surface area contributed by atoms with Gasteiger partial charge in [0.15, 0.2) is 11.6 Å². The number of hydrogen-bond acceptors (Lipinski definition) is 5. The number of hydrogen-bond donors (Lipinski definition) is 0. The predicted molar refractivity (Wildman–Crippen MR) is 62.1 cm³/mol. The predicted octanol–water partition coefficient (Wildman–Crippen LogP) is 1.42. The van der Waals surface area contributed by atoms with Gasteiger partial charge in [-0.3, -0.25) is 9.59 Å². The van der Waals surface area contributed by atoms with Crippen molar-refractivity contribution in [1.29, 1.82) is 0 Å². The van der Waals surface area contributed by atoms with Crippen LogP contribution in [0, 0.1) is 0 Å². The molecule has 0 radical (unpaired) electrons. The molecular weight excluding hydrogens is 236 g/mol. The SMILES string of the molecule is COC(=O)c1cc2c(cc1OC)C(=O)C=CC2=O. The maximum atomic E-state index is 11.7. The minimum absolute atomic E-state index is 0.121. The molecule has 0 unspecified atom stereocenters. The summed E-state index contributed by atoms with van der Waals surface area (Å²) in [6.07, 6.45) is 2.38. The van der Waals surface area contributed by atoms with Crippen LogP contribution < -0.4 is 4.74 Å². The Labute approximate surface area is 103 Å². The first kappa shape index (κ1) is 12.0. The van der Waals surface area contributed by atoms with Gasteiger partial charge in [0, 0.05) is 11.1 Å². The van der Waals surface area contributed by atoms with Crippen molar-refractivity contribution < 1.29 is 23.9 Å². The van der Waals surface area contributed by atoms with Crippen LogP contribution in [0.25, 0.3) is 0 Å². The average molecular weight is 246 g/mol. The van der Waals surface area contributed by atoms with E-state index < -0.39 is 5.97 Å². The molecule has 1 aliphatic carbocycles. The zero-order valence-electron chi connectivity index (χ0n) is 9.85. The van der Waals surface area contributed by atoms with Crippen molar-refractivity contribution in [2.45, 2.75) is 0 Å². The summed E-state index contributed by atoms with van der Waals surface area (Å²) in [4.78, 5) is 34.9. The molecule has 0 bridgehead atoms. The highest BCUT2D eigenvalue weighted by Crippen LogP contribution is 2.27. The van der Waals surface area contributed by atoms with Gasteiger partial charge in [-0.15, -0.1) is 0 Å². The summed E-state index contributed by atoms with van der Waals surface area (Å²) < 4.78 is 9.63. The van der Waals surface area contributed by atoms with E-state index in [9.17, 15) is 14.4 Å². The third kappa shape index (κ3) is 1.79. The number of fused-ring (bicyclic) bond motifs is 1. The van der Waals surface area contributed by atoms with Crippen LogP contribution in [0.15, 0.2) is 24.3 Å². The van der Waals surface area contributed by atoms with E-state index in [0.29, 0.717) is 0 Å². The van der Waals surface area contributed by atoms with E-state index in [1.165, 1.54) is 38.5 Å². The van der Waals surface area contributed by atoms with Gasteiger partial charge in [-0.25, -0.2) is 4.79 Å². The average Bonchev–Trinajstić information content (AvgIpc) is 2.40. The van der Waals surface area contributed by atoms with E-state index in [4.69, 9.17) is 4.74 Å². The number of methoxy groups -OCH3 is 2. The lowest BCUT2D eigenvalue weighted by Gasteiger charge is -2.13.